The van der Waals surface area contributed by atoms with Crippen LogP contribution in [0.15, 0.2) is 36.7 Å². The summed E-state index contributed by atoms with van der Waals surface area (Å²) in [6.07, 6.45) is 11.2. The van der Waals surface area contributed by atoms with Crippen molar-refractivity contribution in [2.75, 3.05) is 0 Å². The summed E-state index contributed by atoms with van der Waals surface area (Å²) in [4.78, 5) is 6.72. The molecule has 0 bridgehead atoms. The summed E-state index contributed by atoms with van der Waals surface area (Å²) >= 11 is 0. The second-order valence-corrected chi connectivity index (χ2v) is 7.66. The second-order valence-electron chi connectivity index (χ2n) is 7.66. The Bertz CT molecular complexity index is 463. The van der Waals surface area contributed by atoms with Gasteiger partial charge in [-0.2, -0.15) is 37.9 Å². The Morgan fingerprint density at radius 3 is 1.04 bits per heavy atom. The fourth-order valence-corrected chi connectivity index (χ4v) is 4.50. The first-order valence-electron chi connectivity index (χ1n) is 10.3. The van der Waals surface area contributed by atoms with Gasteiger partial charge in [-0.3, -0.25) is 0 Å². The molecule has 136 valence electrons. The molecule has 0 aliphatic carbocycles. The smallest absolute Gasteiger partial charge is 0.403 e. The van der Waals surface area contributed by atoms with Crippen LogP contribution in [0.3, 0.4) is 0 Å². The minimum Gasteiger partial charge on any atom is -0.403 e. The number of rotatable bonds is 8. The molecule has 25 heavy (non-hydrogen) atoms. The number of aromatic amines is 2. The van der Waals surface area contributed by atoms with Crippen molar-refractivity contribution in [3.63, 3.8) is 0 Å². The molecule has 0 aliphatic heterocycles. The van der Waals surface area contributed by atoms with Crippen LogP contribution in [0.5, 0.6) is 0 Å². The maximum Gasteiger partial charge on any atom is 2.00 e. The van der Waals surface area contributed by atoms with Crippen molar-refractivity contribution in [1.29, 1.82) is 0 Å². The summed E-state index contributed by atoms with van der Waals surface area (Å²) in [5.41, 5.74) is 2.92. The van der Waals surface area contributed by atoms with Crippen LogP contribution in [0, 0.1) is 45.0 Å². The Labute approximate surface area is 193 Å². The zero-order valence-corrected chi connectivity index (χ0v) is 23.4. The number of H-pyrrole nitrogens is 2. The van der Waals surface area contributed by atoms with Gasteiger partial charge in [0.1, 0.15) is 0 Å². The monoisotopic (exact) mass is 554 g/mol. The van der Waals surface area contributed by atoms with E-state index in [4.69, 9.17) is 0 Å². The Morgan fingerprint density at radius 2 is 0.880 bits per heavy atom. The van der Waals surface area contributed by atoms with E-state index in [0.717, 1.165) is 0 Å². The Kier molecular flexibility index (Phi) is 12.6. The van der Waals surface area contributed by atoms with Crippen LogP contribution in [0.4, 0.5) is 0 Å². The molecule has 2 N–H and O–H groups in total. The zero-order chi connectivity index (χ0) is 18.1. The summed E-state index contributed by atoms with van der Waals surface area (Å²) in [5.74, 6) is 0. The molecule has 0 unspecified atom stereocenters. The standard InChI is InChI=1S/2C10H19BN.Ra/c2*1-4-11(5-2,6-3)10-8-7-9-12-10;/h2*7-9,12H,4-6H2,1-3H3;/q2*-1;+2. The molecule has 0 fully saturated rings. The molecule has 2 heterocycles. The van der Waals surface area contributed by atoms with Crippen LogP contribution >= 0.6 is 0 Å². The van der Waals surface area contributed by atoms with E-state index in [-0.39, 0.29) is 57.3 Å². The SMILES string of the molecule is CC[B-](CC)(CC)c1ccc[nH]1.CC[B-](CC)(CC)c1ccc[nH]1.[Ra+2]. The van der Waals surface area contributed by atoms with Gasteiger partial charge < -0.3 is 9.97 Å². The average Bonchev–Trinajstić information content (AvgIpc) is 3.34. The van der Waals surface area contributed by atoms with Crippen molar-refractivity contribution in [3.05, 3.63) is 36.7 Å². The Morgan fingerprint density at radius 1 is 0.600 bits per heavy atom. The molecule has 0 aromatic carbocycles. The average molecular weight is 554 g/mol. The van der Waals surface area contributed by atoms with E-state index in [0.29, 0.717) is 0 Å². The van der Waals surface area contributed by atoms with Gasteiger partial charge >= 0.3 is 45.0 Å². The molecule has 0 saturated heterocycles. The van der Waals surface area contributed by atoms with Gasteiger partial charge in [-0.15, -0.1) is 11.2 Å². The molecular weight excluding hydrogens is 516 g/mol. The van der Waals surface area contributed by atoms with Gasteiger partial charge in [0.05, 0.1) is 0 Å². The van der Waals surface area contributed by atoms with Gasteiger partial charge in [-0.05, 0) is 24.5 Å². The number of aromatic nitrogens is 2. The molecule has 0 amide bonds. The van der Waals surface area contributed by atoms with E-state index in [1.54, 1.807) is 0 Å². The topological polar surface area (TPSA) is 31.6 Å². The number of hydrogen-bond donors (Lipinski definition) is 2. The third-order valence-corrected chi connectivity index (χ3v) is 7.25. The summed E-state index contributed by atoms with van der Waals surface area (Å²) < 4.78 is 0. The van der Waals surface area contributed by atoms with E-state index >= 15 is 0 Å². The van der Waals surface area contributed by atoms with Crippen molar-refractivity contribution in [2.24, 2.45) is 0 Å². The first kappa shape index (κ1) is 25.2. The molecule has 2 nitrogen and oxygen atoms in total. The van der Waals surface area contributed by atoms with Crippen LogP contribution in [0.2, 0.25) is 37.9 Å². The molecule has 2 aromatic heterocycles. The van der Waals surface area contributed by atoms with E-state index < -0.39 is 0 Å². The third kappa shape index (κ3) is 6.08. The number of hydrogen-bond acceptors (Lipinski definition) is 0. The van der Waals surface area contributed by atoms with Gasteiger partial charge in [0.2, 0.25) is 0 Å². The van der Waals surface area contributed by atoms with Crippen LogP contribution < -0.4 is 11.2 Å². The summed E-state index contributed by atoms with van der Waals surface area (Å²) in [6.45, 7) is 13.8. The van der Waals surface area contributed by atoms with Crippen LogP contribution in [-0.4, -0.2) is 22.3 Å². The second kappa shape index (κ2) is 12.5. The van der Waals surface area contributed by atoms with E-state index in [9.17, 15) is 0 Å². The summed E-state index contributed by atoms with van der Waals surface area (Å²) in [5, 5.41) is 0. The van der Waals surface area contributed by atoms with Crippen molar-refractivity contribution in [2.45, 2.75) is 79.5 Å². The molecule has 2 aromatic rings. The molecule has 2 rings (SSSR count). The molecule has 0 saturated carbocycles. The van der Waals surface area contributed by atoms with Crippen molar-refractivity contribution < 1.29 is 45.0 Å². The van der Waals surface area contributed by atoms with Crippen LogP contribution in [0.25, 0.3) is 0 Å². The normalized spacial score (nSPS) is 11.4. The predicted octanol–water partition coefficient (Wildman–Crippen LogP) is 5.46. The van der Waals surface area contributed by atoms with Gasteiger partial charge in [-0.1, -0.05) is 53.7 Å². The Balaban J connectivity index is 0.000000443. The first-order valence-corrected chi connectivity index (χ1v) is 10.3. The van der Waals surface area contributed by atoms with Gasteiger partial charge in [-0.25, -0.2) is 0 Å². The summed E-state index contributed by atoms with van der Waals surface area (Å²) in [7, 11) is 0. The molecule has 5 heteroatoms. The van der Waals surface area contributed by atoms with Crippen LogP contribution in [0.1, 0.15) is 41.5 Å². The van der Waals surface area contributed by atoms with Gasteiger partial charge in [0.15, 0.2) is 0 Å². The minimum atomic E-state index is -0.278. The number of nitrogens with one attached hydrogen (secondary N) is 2. The van der Waals surface area contributed by atoms with Gasteiger partial charge in [0, 0.05) is 12.3 Å². The zero-order valence-electron chi connectivity index (χ0n) is 17.6. The quantitative estimate of drug-likeness (QED) is 0.407. The maximum atomic E-state index is 3.36. The van der Waals surface area contributed by atoms with Gasteiger partial charge in [0.25, 0.3) is 0 Å². The first-order chi connectivity index (χ1) is 11.6. The molecule has 0 spiro atoms. The Hall–Kier alpha value is 0.157. The molecule has 0 atom stereocenters. The largest absolute Gasteiger partial charge is 2.00 e. The van der Waals surface area contributed by atoms with Crippen molar-refractivity contribution in [1.82, 2.24) is 9.97 Å². The predicted molar refractivity (Wildman–Crippen MR) is 115 cm³/mol. The third-order valence-electron chi connectivity index (χ3n) is 7.25. The van der Waals surface area contributed by atoms with E-state index in [1.807, 2.05) is 12.4 Å². The molecular formula is C20H38B2N2Ra. The fourth-order valence-electron chi connectivity index (χ4n) is 4.50. The molecule has 0 radical (unpaired) electrons. The van der Waals surface area contributed by atoms with E-state index in [1.165, 1.54) is 49.1 Å². The van der Waals surface area contributed by atoms with E-state index in [2.05, 4.69) is 75.8 Å². The fraction of sp³-hybridized carbons (Fsp3) is 0.600. The molecule has 0 aliphatic rings. The van der Waals surface area contributed by atoms with Crippen molar-refractivity contribution >= 4 is 23.5 Å². The maximum absolute atomic E-state index is 3.36. The minimum absolute atomic E-state index is 0. The van der Waals surface area contributed by atoms with Crippen LogP contribution in [-0.2, 0) is 0 Å². The summed E-state index contributed by atoms with van der Waals surface area (Å²) in [6, 6.07) is 8.67. The van der Waals surface area contributed by atoms with Crippen molar-refractivity contribution in [3.8, 4) is 0 Å².